The van der Waals surface area contributed by atoms with Crippen LogP contribution in [0.25, 0.3) is 0 Å². The van der Waals surface area contributed by atoms with Crippen LogP contribution in [-0.2, 0) is 0 Å². The summed E-state index contributed by atoms with van der Waals surface area (Å²) in [6, 6.07) is 3.63. The summed E-state index contributed by atoms with van der Waals surface area (Å²) in [5.41, 5.74) is 9.17. The molecule has 2 aromatic heterocycles. The number of rotatable bonds is 3. The van der Waals surface area contributed by atoms with Gasteiger partial charge in [-0.25, -0.2) is 10.4 Å². The molecule has 4 N–H and O–H groups in total. The third kappa shape index (κ3) is 3.29. The van der Waals surface area contributed by atoms with Crippen LogP contribution in [0.2, 0.25) is 15.2 Å². The lowest BCUT2D eigenvalue weighted by molar-refractivity contribution is 0.0950. The van der Waals surface area contributed by atoms with E-state index in [1.807, 2.05) is 12.1 Å². The number of carbonyl (C=O) groups excluding carboxylic acids is 1. The smallest absolute Gasteiger partial charge is 0.291 e. The van der Waals surface area contributed by atoms with Gasteiger partial charge in [-0.05, 0) is 19.1 Å². The first-order chi connectivity index (χ1) is 9.91. The number of nitrogens with one attached hydrogen (secondary N) is 2. The number of hydrogen-bond acceptors (Lipinski definition) is 4. The highest BCUT2D eigenvalue weighted by atomic mass is 35.5. The van der Waals surface area contributed by atoms with Gasteiger partial charge in [-0.3, -0.25) is 4.79 Å². The molecule has 0 aliphatic rings. The molecule has 2 rings (SSSR count). The van der Waals surface area contributed by atoms with Gasteiger partial charge in [0.25, 0.3) is 5.91 Å². The molecule has 9 heteroatoms. The number of hydrazone groups is 1. The summed E-state index contributed by atoms with van der Waals surface area (Å²) < 4.78 is 0. The van der Waals surface area contributed by atoms with Crippen molar-refractivity contribution in [3.05, 3.63) is 44.9 Å². The van der Waals surface area contributed by atoms with Gasteiger partial charge >= 0.3 is 0 Å². The summed E-state index contributed by atoms with van der Waals surface area (Å²) in [5, 5.41) is 3.76. The summed E-state index contributed by atoms with van der Waals surface area (Å²) in [6.45, 7) is 1.73. The molecule has 0 aliphatic heterocycles. The number of pyridine rings is 1. The Morgan fingerprint density at radius 1 is 1.38 bits per heavy atom. The number of nitrogens with zero attached hydrogens (tertiary/aromatic N) is 2. The quantitative estimate of drug-likeness (QED) is 0.452. The lowest BCUT2D eigenvalue weighted by Gasteiger charge is -2.08. The van der Waals surface area contributed by atoms with Gasteiger partial charge in [0.05, 0.1) is 22.1 Å². The van der Waals surface area contributed by atoms with Gasteiger partial charge in [-0.15, -0.1) is 0 Å². The van der Waals surface area contributed by atoms with E-state index in [0.717, 1.165) is 5.69 Å². The first-order valence-electron chi connectivity index (χ1n) is 5.70. The standard InChI is InChI=1S/C12H10Cl3N5O/c1-5(6-3-2-4-17-6)19-20-12(21)10-7(13)9(16)8(14)11(15)18-10/h2-4,17H,1H3,(H2,16,18)(H,20,21)/b19-5+. The van der Waals surface area contributed by atoms with Gasteiger partial charge in [-0.2, -0.15) is 5.10 Å². The van der Waals surface area contributed by atoms with Gasteiger partial charge in [-0.1, -0.05) is 34.8 Å². The van der Waals surface area contributed by atoms with Crippen LogP contribution < -0.4 is 11.2 Å². The lowest BCUT2D eigenvalue weighted by atomic mass is 10.3. The average Bonchev–Trinajstić information content (AvgIpc) is 3.00. The highest BCUT2D eigenvalue weighted by Crippen LogP contribution is 2.34. The molecule has 0 radical (unpaired) electrons. The van der Waals surface area contributed by atoms with Crippen molar-refractivity contribution in [3.63, 3.8) is 0 Å². The van der Waals surface area contributed by atoms with Crippen molar-refractivity contribution >= 4 is 52.1 Å². The Balaban J connectivity index is 2.24. The zero-order valence-electron chi connectivity index (χ0n) is 10.7. The molecule has 0 bridgehead atoms. The number of hydrogen-bond donors (Lipinski definition) is 3. The van der Waals surface area contributed by atoms with Crippen molar-refractivity contribution in [2.24, 2.45) is 5.10 Å². The monoisotopic (exact) mass is 345 g/mol. The Hall–Kier alpha value is -1.76. The number of halogens is 3. The van der Waals surface area contributed by atoms with E-state index < -0.39 is 5.91 Å². The van der Waals surface area contributed by atoms with Crippen molar-refractivity contribution in [1.82, 2.24) is 15.4 Å². The molecule has 0 unspecified atom stereocenters. The van der Waals surface area contributed by atoms with Crippen LogP contribution in [0.15, 0.2) is 23.4 Å². The number of carbonyl (C=O) groups is 1. The van der Waals surface area contributed by atoms with Crippen LogP contribution in [0.1, 0.15) is 23.1 Å². The summed E-state index contributed by atoms with van der Waals surface area (Å²) in [7, 11) is 0. The fourth-order valence-corrected chi connectivity index (χ4v) is 2.08. The summed E-state index contributed by atoms with van der Waals surface area (Å²) in [6.07, 6.45) is 1.74. The summed E-state index contributed by atoms with van der Waals surface area (Å²) in [4.78, 5) is 18.8. The number of H-pyrrole nitrogens is 1. The maximum absolute atomic E-state index is 12.0. The molecule has 21 heavy (non-hydrogen) atoms. The molecule has 0 fully saturated rings. The van der Waals surface area contributed by atoms with E-state index in [4.69, 9.17) is 40.5 Å². The van der Waals surface area contributed by atoms with Crippen LogP contribution in [0.3, 0.4) is 0 Å². The van der Waals surface area contributed by atoms with Crippen LogP contribution in [-0.4, -0.2) is 21.6 Å². The summed E-state index contributed by atoms with van der Waals surface area (Å²) in [5.74, 6) is -0.642. The maximum atomic E-state index is 12.0. The van der Waals surface area contributed by atoms with Gasteiger partial charge in [0.1, 0.15) is 5.02 Å². The normalized spacial score (nSPS) is 11.5. The van der Waals surface area contributed by atoms with E-state index in [0.29, 0.717) is 5.71 Å². The highest BCUT2D eigenvalue weighted by molar-refractivity contribution is 6.46. The maximum Gasteiger partial charge on any atom is 0.291 e. The van der Waals surface area contributed by atoms with Crippen molar-refractivity contribution in [1.29, 1.82) is 0 Å². The van der Waals surface area contributed by atoms with E-state index in [1.54, 1.807) is 13.1 Å². The van der Waals surface area contributed by atoms with E-state index in [2.05, 4.69) is 20.5 Å². The molecule has 0 aromatic carbocycles. The second-order valence-corrected chi connectivity index (χ2v) is 5.13. The van der Waals surface area contributed by atoms with Gasteiger partial charge in [0.15, 0.2) is 10.8 Å². The predicted octanol–water partition coefficient (Wildman–Crippen LogP) is 3.11. The zero-order chi connectivity index (χ0) is 15.6. The molecule has 0 aliphatic carbocycles. The third-order valence-corrected chi connectivity index (χ3v) is 3.74. The van der Waals surface area contributed by atoms with Gasteiger partial charge < -0.3 is 10.7 Å². The number of anilines is 1. The minimum absolute atomic E-state index is 0.00397. The van der Waals surface area contributed by atoms with E-state index in [1.165, 1.54) is 0 Å². The highest BCUT2D eigenvalue weighted by Gasteiger charge is 2.19. The Morgan fingerprint density at radius 2 is 2.10 bits per heavy atom. The Labute approximate surface area is 135 Å². The van der Waals surface area contributed by atoms with Crippen molar-refractivity contribution in [2.75, 3.05) is 5.73 Å². The van der Waals surface area contributed by atoms with Gasteiger partial charge in [0.2, 0.25) is 0 Å². The molecule has 0 atom stereocenters. The fourth-order valence-electron chi connectivity index (χ4n) is 1.48. The SMILES string of the molecule is C/C(=N\NC(=O)c1nc(Cl)c(Cl)c(N)c1Cl)c1ccc[nH]1. The molecular weight excluding hydrogens is 337 g/mol. The Morgan fingerprint density at radius 3 is 2.71 bits per heavy atom. The van der Waals surface area contributed by atoms with Crippen LogP contribution in [0, 0.1) is 0 Å². The minimum atomic E-state index is -0.642. The molecule has 2 aromatic rings. The van der Waals surface area contributed by atoms with Crippen LogP contribution in [0.5, 0.6) is 0 Å². The minimum Gasteiger partial charge on any atom is -0.396 e. The second kappa shape index (κ2) is 6.34. The number of nitrogen functional groups attached to an aromatic ring is 1. The molecular formula is C12H10Cl3N5O. The molecule has 1 amide bonds. The third-order valence-electron chi connectivity index (χ3n) is 2.60. The fraction of sp³-hybridized carbons (Fsp3) is 0.0833. The topological polar surface area (TPSA) is 96.2 Å². The van der Waals surface area contributed by atoms with E-state index in [-0.39, 0.29) is 26.6 Å². The average molecular weight is 347 g/mol. The van der Waals surface area contributed by atoms with Gasteiger partial charge in [0, 0.05) is 6.20 Å². The zero-order valence-corrected chi connectivity index (χ0v) is 13.0. The molecule has 110 valence electrons. The Kier molecular flexibility index (Phi) is 4.72. The number of aromatic amines is 1. The Bertz CT molecular complexity index is 712. The first-order valence-corrected chi connectivity index (χ1v) is 6.83. The molecule has 0 saturated carbocycles. The van der Waals surface area contributed by atoms with Crippen molar-refractivity contribution in [2.45, 2.75) is 6.92 Å². The molecule has 6 nitrogen and oxygen atoms in total. The molecule has 2 heterocycles. The largest absolute Gasteiger partial charge is 0.396 e. The second-order valence-electron chi connectivity index (χ2n) is 4.01. The van der Waals surface area contributed by atoms with E-state index >= 15 is 0 Å². The van der Waals surface area contributed by atoms with Crippen LogP contribution in [0.4, 0.5) is 5.69 Å². The van der Waals surface area contributed by atoms with Crippen LogP contribution >= 0.6 is 34.8 Å². The van der Waals surface area contributed by atoms with Crippen molar-refractivity contribution in [3.8, 4) is 0 Å². The lowest BCUT2D eigenvalue weighted by Crippen LogP contribution is -2.21. The number of nitrogens with two attached hydrogens (primary N) is 1. The summed E-state index contributed by atoms with van der Waals surface area (Å²) >= 11 is 17.5. The number of amides is 1. The molecule has 0 spiro atoms. The number of aromatic nitrogens is 2. The first kappa shape index (κ1) is 15.6. The van der Waals surface area contributed by atoms with E-state index in [9.17, 15) is 4.79 Å². The van der Waals surface area contributed by atoms with Crippen molar-refractivity contribution < 1.29 is 4.79 Å². The molecule has 0 saturated heterocycles. The predicted molar refractivity (Wildman–Crippen MR) is 84.1 cm³/mol.